The van der Waals surface area contributed by atoms with E-state index in [0.717, 1.165) is 23.7 Å². The van der Waals surface area contributed by atoms with Crippen molar-refractivity contribution < 1.29 is 0 Å². The molecule has 0 heterocycles. The van der Waals surface area contributed by atoms with Crippen molar-refractivity contribution in [1.29, 1.82) is 0 Å². The molecule has 14 heavy (non-hydrogen) atoms. The van der Waals surface area contributed by atoms with Crippen molar-refractivity contribution in [3.63, 3.8) is 0 Å². The van der Waals surface area contributed by atoms with Crippen LogP contribution in [-0.2, 0) is 0 Å². The molecule has 0 aromatic rings. The van der Waals surface area contributed by atoms with E-state index in [-0.39, 0.29) is 0 Å². The molecule has 0 unspecified atom stereocenters. The second-order valence-electron chi connectivity index (χ2n) is 5.79. The zero-order valence-electron chi connectivity index (χ0n) is 9.17. The Morgan fingerprint density at radius 3 is 2.00 bits per heavy atom. The van der Waals surface area contributed by atoms with Gasteiger partial charge in [-0.1, -0.05) is 6.42 Å². The van der Waals surface area contributed by atoms with Crippen LogP contribution in [-0.4, -0.2) is 13.1 Å². The topological polar surface area (TPSA) is 12.0 Å². The summed E-state index contributed by atoms with van der Waals surface area (Å²) in [4.78, 5) is 0. The molecule has 0 aromatic carbocycles. The Bertz CT molecular complexity index is 177. The van der Waals surface area contributed by atoms with Crippen molar-refractivity contribution in [3.05, 3.63) is 0 Å². The summed E-state index contributed by atoms with van der Waals surface area (Å²) in [5, 5.41) is 3.73. The minimum Gasteiger partial charge on any atom is -0.316 e. The Morgan fingerprint density at radius 2 is 1.57 bits per heavy atom. The van der Waals surface area contributed by atoms with Gasteiger partial charge in [0.05, 0.1) is 0 Å². The molecule has 0 aromatic heterocycles. The first kappa shape index (κ1) is 9.21. The monoisotopic (exact) mass is 193 g/mol. The molecule has 0 radical (unpaired) electrons. The van der Waals surface area contributed by atoms with Gasteiger partial charge in [0.2, 0.25) is 0 Å². The minimum atomic E-state index is 1.04. The number of hydrogen-bond acceptors (Lipinski definition) is 1. The van der Waals surface area contributed by atoms with E-state index in [0.29, 0.717) is 0 Å². The predicted octanol–water partition coefficient (Wildman–Crippen LogP) is 2.81. The van der Waals surface area contributed by atoms with Gasteiger partial charge in [0, 0.05) is 0 Å². The lowest BCUT2D eigenvalue weighted by Gasteiger charge is -2.26. The average Bonchev–Trinajstić information content (AvgIpc) is 2.96. The van der Waals surface area contributed by atoms with Crippen LogP contribution in [0.25, 0.3) is 0 Å². The van der Waals surface area contributed by atoms with Crippen LogP contribution in [0.2, 0.25) is 0 Å². The molecule has 0 aliphatic heterocycles. The van der Waals surface area contributed by atoms with Crippen LogP contribution >= 0.6 is 0 Å². The van der Waals surface area contributed by atoms with E-state index in [9.17, 15) is 0 Å². The molecule has 0 spiro atoms. The minimum absolute atomic E-state index is 1.04. The van der Waals surface area contributed by atoms with Gasteiger partial charge in [0.1, 0.15) is 0 Å². The summed E-state index contributed by atoms with van der Waals surface area (Å²) < 4.78 is 0. The normalized spacial score (nSPS) is 28.1. The van der Waals surface area contributed by atoms with Gasteiger partial charge in [0.15, 0.2) is 0 Å². The summed E-state index contributed by atoms with van der Waals surface area (Å²) in [6.45, 7) is 2.65. The lowest BCUT2D eigenvalue weighted by Crippen LogP contribution is -2.32. The summed E-state index contributed by atoms with van der Waals surface area (Å²) >= 11 is 0. The van der Waals surface area contributed by atoms with Crippen molar-refractivity contribution in [2.24, 2.45) is 23.7 Å². The summed E-state index contributed by atoms with van der Waals surface area (Å²) in [7, 11) is 0. The largest absolute Gasteiger partial charge is 0.316 e. The van der Waals surface area contributed by atoms with E-state index >= 15 is 0 Å². The van der Waals surface area contributed by atoms with Crippen molar-refractivity contribution in [3.8, 4) is 0 Å². The maximum absolute atomic E-state index is 3.73. The van der Waals surface area contributed by atoms with Crippen LogP contribution in [0.1, 0.15) is 44.9 Å². The van der Waals surface area contributed by atoms with Gasteiger partial charge < -0.3 is 5.32 Å². The van der Waals surface area contributed by atoms with Gasteiger partial charge >= 0.3 is 0 Å². The fraction of sp³-hybridized carbons (Fsp3) is 1.00. The fourth-order valence-electron chi connectivity index (χ4n) is 2.92. The first-order chi connectivity index (χ1) is 6.93. The maximum atomic E-state index is 3.73. The van der Waals surface area contributed by atoms with E-state index < -0.39 is 0 Å². The van der Waals surface area contributed by atoms with E-state index in [4.69, 9.17) is 0 Å². The third-order valence-corrected chi connectivity index (χ3v) is 4.49. The van der Waals surface area contributed by atoms with Crippen LogP contribution in [0, 0.1) is 23.7 Å². The molecule has 1 N–H and O–H groups in total. The standard InChI is InChI=1S/C13H23N/c1-2-10(3-1)8-14-9-13(11-4-5-11)12-6-7-12/h10-14H,1-9H2. The van der Waals surface area contributed by atoms with Crippen LogP contribution in [0.4, 0.5) is 0 Å². The number of rotatable bonds is 6. The Labute approximate surface area is 87.7 Å². The molecule has 3 rings (SSSR count). The van der Waals surface area contributed by atoms with Crippen LogP contribution < -0.4 is 5.32 Å². The highest BCUT2D eigenvalue weighted by molar-refractivity contribution is 4.92. The molecular formula is C13H23N. The van der Waals surface area contributed by atoms with Crippen molar-refractivity contribution in [1.82, 2.24) is 5.32 Å². The Morgan fingerprint density at radius 1 is 0.929 bits per heavy atom. The molecule has 3 aliphatic rings. The van der Waals surface area contributed by atoms with E-state index in [1.165, 1.54) is 58.0 Å². The van der Waals surface area contributed by atoms with Gasteiger partial charge in [-0.2, -0.15) is 0 Å². The van der Waals surface area contributed by atoms with E-state index in [1.807, 2.05) is 0 Å². The van der Waals surface area contributed by atoms with Gasteiger partial charge in [-0.3, -0.25) is 0 Å². The van der Waals surface area contributed by atoms with Crippen molar-refractivity contribution in [2.75, 3.05) is 13.1 Å². The molecule has 0 bridgehead atoms. The molecule has 1 nitrogen and oxygen atoms in total. The highest BCUT2D eigenvalue weighted by atomic mass is 14.9. The van der Waals surface area contributed by atoms with Crippen molar-refractivity contribution >= 4 is 0 Å². The van der Waals surface area contributed by atoms with Crippen LogP contribution in [0.5, 0.6) is 0 Å². The van der Waals surface area contributed by atoms with Crippen molar-refractivity contribution in [2.45, 2.75) is 44.9 Å². The Balaban J connectivity index is 1.36. The SMILES string of the molecule is C1CC(CNCC(C2CC2)C2CC2)C1. The Kier molecular flexibility index (Phi) is 2.53. The zero-order chi connectivity index (χ0) is 9.38. The summed E-state index contributed by atoms with van der Waals surface area (Å²) in [6.07, 6.45) is 10.6. The van der Waals surface area contributed by atoms with Gasteiger partial charge in [-0.15, -0.1) is 0 Å². The molecule has 0 atom stereocenters. The van der Waals surface area contributed by atoms with E-state index in [1.54, 1.807) is 0 Å². The average molecular weight is 193 g/mol. The quantitative estimate of drug-likeness (QED) is 0.684. The molecule has 0 amide bonds. The second kappa shape index (κ2) is 3.84. The number of nitrogens with one attached hydrogen (secondary N) is 1. The lowest BCUT2D eigenvalue weighted by molar-refractivity contribution is 0.283. The third kappa shape index (κ3) is 2.13. The lowest BCUT2D eigenvalue weighted by atomic mass is 9.85. The van der Waals surface area contributed by atoms with Crippen LogP contribution in [0.15, 0.2) is 0 Å². The summed E-state index contributed by atoms with van der Waals surface area (Å²) in [5.41, 5.74) is 0. The molecule has 1 heteroatoms. The molecule has 3 fully saturated rings. The van der Waals surface area contributed by atoms with Gasteiger partial charge in [0.25, 0.3) is 0 Å². The maximum Gasteiger partial charge on any atom is -0.00151 e. The van der Waals surface area contributed by atoms with Gasteiger partial charge in [-0.05, 0) is 75.3 Å². The highest BCUT2D eigenvalue weighted by Gasteiger charge is 2.40. The molecule has 3 saturated carbocycles. The highest BCUT2D eigenvalue weighted by Crippen LogP contribution is 2.48. The third-order valence-electron chi connectivity index (χ3n) is 4.49. The van der Waals surface area contributed by atoms with Gasteiger partial charge in [-0.25, -0.2) is 0 Å². The second-order valence-corrected chi connectivity index (χ2v) is 5.79. The molecule has 3 aliphatic carbocycles. The zero-order valence-corrected chi connectivity index (χ0v) is 9.17. The van der Waals surface area contributed by atoms with Crippen LogP contribution in [0.3, 0.4) is 0 Å². The summed E-state index contributed by atoms with van der Waals surface area (Å²) in [5.74, 6) is 4.34. The first-order valence-corrected chi connectivity index (χ1v) is 6.64. The Hall–Kier alpha value is -0.0400. The fourth-order valence-corrected chi connectivity index (χ4v) is 2.92. The predicted molar refractivity (Wildman–Crippen MR) is 59.1 cm³/mol. The summed E-state index contributed by atoms with van der Waals surface area (Å²) in [6, 6.07) is 0. The molecule has 80 valence electrons. The first-order valence-electron chi connectivity index (χ1n) is 6.64. The van der Waals surface area contributed by atoms with E-state index in [2.05, 4.69) is 5.32 Å². The molecular weight excluding hydrogens is 170 g/mol. The number of hydrogen-bond donors (Lipinski definition) is 1. The molecule has 0 saturated heterocycles. The smallest absolute Gasteiger partial charge is 0.00151 e.